The minimum Gasteiger partial charge on any atom is -0.480 e. The number of carboxylic acid groups (broad SMARTS) is 1. The molecular formula is C14H20N2O4S. The first-order chi connectivity index (χ1) is 9.81. The molecule has 0 radical (unpaired) electrons. The highest BCUT2D eigenvalue weighted by molar-refractivity contribution is 7.87. The number of hydrogen-bond acceptors (Lipinski definition) is 3. The van der Waals surface area contributed by atoms with Crippen molar-refractivity contribution in [2.24, 2.45) is 5.92 Å². The van der Waals surface area contributed by atoms with Crippen LogP contribution >= 0.6 is 0 Å². The molecule has 2 N–H and O–H groups in total. The third kappa shape index (κ3) is 3.61. The molecule has 0 amide bonds. The molecule has 0 saturated heterocycles. The van der Waals surface area contributed by atoms with Crippen LogP contribution in [0.3, 0.4) is 0 Å². The predicted molar refractivity (Wildman–Crippen MR) is 78.9 cm³/mol. The van der Waals surface area contributed by atoms with Gasteiger partial charge in [0.1, 0.15) is 6.04 Å². The van der Waals surface area contributed by atoms with Gasteiger partial charge in [0.05, 0.1) is 0 Å². The number of carboxylic acids is 1. The average molecular weight is 312 g/mol. The minimum atomic E-state index is -3.81. The molecule has 2 rings (SSSR count). The van der Waals surface area contributed by atoms with Gasteiger partial charge in [-0.25, -0.2) is 0 Å². The van der Waals surface area contributed by atoms with Crippen LogP contribution in [0, 0.1) is 5.92 Å². The van der Waals surface area contributed by atoms with Crippen molar-refractivity contribution in [2.45, 2.75) is 32.9 Å². The summed E-state index contributed by atoms with van der Waals surface area (Å²) in [6, 6.07) is 6.57. The summed E-state index contributed by atoms with van der Waals surface area (Å²) >= 11 is 0. The minimum absolute atomic E-state index is 0.274. The van der Waals surface area contributed by atoms with Gasteiger partial charge in [-0.05, 0) is 23.5 Å². The fourth-order valence-electron chi connectivity index (χ4n) is 2.38. The zero-order valence-electron chi connectivity index (χ0n) is 12.1. The van der Waals surface area contributed by atoms with Crippen LogP contribution in [0.2, 0.25) is 0 Å². The van der Waals surface area contributed by atoms with E-state index in [1.807, 2.05) is 24.3 Å². The summed E-state index contributed by atoms with van der Waals surface area (Å²) in [5, 5.41) is 9.12. The van der Waals surface area contributed by atoms with Gasteiger partial charge in [0.15, 0.2) is 0 Å². The highest BCUT2D eigenvalue weighted by atomic mass is 32.2. The molecule has 116 valence electrons. The SMILES string of the molecule is CC(C)[C@H](NS(=O)(=O)N1CCc2ccccc2C1)C(=O)O. The Morgan fingerprint density at radius 2 is 1.90 bits per heavy atom. The van der Waals surface area contributed by atoms with Crippen molar-refractivity contribution in [2.75, 3.05) is 6.54 Å². The van der Waals surface area contributed by atoms with Crippen molar-refractivity contribution in [1.29, 1.82) is 0 Å². The number of aliphatic carboxylic acids is 1. The normalized spacial score (nSPS) is 17.5. The van der Waals surface area contributed by atoms with Crippen molar-refractivity contribution < 1.29 is 18.3 Å². The van der Waals surface area contributed by atoms with Gasteiger partial charge in [0.25, 0.3) is 10.2 Å². The third-order valence-corrected chi connectivity index (χ3v) is 5.19. The second kappa shape index (κ2) is 6.13. The first-order valence-electron chi connectivity index (χ1n) is 6.88. The van der Waals surface area contributed by atoms with Gasteiger partial charge < -0.3 is 5.11 Å². The molecule has 7 heteroatoms. The number of hydrogen-bond donors (Lipinski definition) is 2. The first-order valence-corrected chi connectivity index (χ1v) is 8.32. The van der Waals surface area contributed by atoms with Crippen LogP contribution in [0.5, 0.6) is 0 Å². The zero-order chi connectivity index (χ0) is 15.6. The van der Waals surface area contributed by atoms with Gasteiger partial charge >= 0.3 is 5.97 Å². The Kier molecular flexibility index (Phi) is 4.65. The lowest BCUT2D eigenvalue weighted by molar-refractivity contribution is -0.140. The highest BCUT2D eigenvalue weighted by Crippen LogP contribution is 2.20. The molecule has 0 spiro atoms. The molecule has 0 fully saturated rings. The summed E-state index contributed by atoms with van der Waals surface area (Å²) in [7, 11) is -3.81. The quantitative estimate of drug-likeness (QED) is 0.849. The maximum Gasteiger partial charge on any atom is 0.322 e. The fraction of sp³-hybridized carbons (Fsp3) is 0.500. The van der Waals surface area contributed by atoms with Crippen LogP contribution in [-0.4, -0.2) is 36.4 Å². The molecule has 1 aromatic carbocycles. The van der Waals surface area contributed by atoms with Gasteiger partial charge in [0, 0.05) is 13.1 Å². The van der Waals surface area contributed by atoms with E-state index < -0.39 is 22.2 Å². The molecule has 0 saturated carbocycles. The van der Waals surface area contributed by atoms with Crippen LogP contribution in [0.15, 0.2) is 24.3 Å². The second-order valence-electron chi connectivity index (χ2n) is 5.54. The van der Waals surface area contributed by atoms with Crippen LogP contribution < -0.4 is 4.72 Å². The van der Waals surface area contributed by atoms with E-state index >= 15 is 0 Å². The smallest absolute Gasteiger partial charge is 0.322 e. The molecule has 21 heavy (non-hydrogen) atoms. The van der Waals surface area contributed by atoms with E-state index in [4.69, 9.17) is 5.11 Å². The van der Waals surface area contributed by atoms with Crippen LogP contribution in [0.25, 0.3) is 0 Å². The number of fused-ring (bicyclic) bond motifs is 1. The lowest BCUT2D eigenvalue weighted by Crippen LogP contribution is -2.51. The summed E-state index contributed by atoms with van der Waals surface area (Å²) in [5.74, 6) is -1.49. The van der Waals surface area contributed by atoms with Crippen LogP contribution in [0.4, 0.5) is 0 Å². The largest absolute Gasteiger partial charge is 0.480 e. The van der Waals surface area contributed by atoms with E-state index in [0.717, 1.165) is 11.1 Å². The number of benzene rings is 1. The monoisotopic (exact) mass is 312 g/mol. The van der Waals surface area contributed by atoms with Gasteiger partial charge in [-0.15, -0.1) is 0 Å². The van der Waals surface area contributed by atoms with Crippen molar-refractivity contribution in [3.05, 3.63) is 35.4 Å². The standard InChI is InChI=1S/C14H20N2O4S/c1-10(2)13(14(17)18)15-21(19,20)16-8-7-11-5-3-4-6-12(11)9-16/h3-6,10,13,15H,7-9H2,1-2H3,(H,17,18)/t13-/m0/s1. The molecule has 0 unspecified atom stereocenters. The molecule has 0 aromatic heterocycles. The summed E-state index contributed by atoms with van der Waals surface area (Å²) in [4.78, 5) is 11.2. The number of nitrogens with one attached hydrogen (secondary N) is 1. The van der Waals surface area contributed by atoms with E-state index in [-0.39, 0.29) is 12.5 Å². The average Bonchev–Trinajstić information content (AvgIpc) is 2.43. The van der Waals surface area contributed by atoms with E-state index in [0.29, 0.717) is 13.0 Å². The molecule has 6 nitrogen and oxygen atoms in total. The van der Waals surface area contributed by atoms with E-state index in [9.17, 15) is 13.2 Å². The lowest BCUT2D eigenvalue weighted by Gasteiger charge is -2.30. The van der Waals surface area contributed by atoms with Gasteiger partial charge in [0.2, 0.25) is 0 Å². The van der Waals surface area contributed by atoms with E-state index in [1.165, 1.54) is 4.31 Å². The van der Waals surface area contributed by atoms with Gasteiger partial charge in [-0.1, -0.05) is 38.1 Å². The van der Waals surface area contributed by atoms with E-state index in [1.54, 1.807) is 13.8 Å². The summed E-state index contributed by atoms with van der Waals surface area (Å²) in [5.41, 5.74) is 2.10. The molecular weight excluding hydrogens is 292 g/mol. The highest BCUT2D eigenvalue weighted by Gasteiger charge is 2.32. The van der Waals surface area contributed by atoms with Gasteiger partial charge in [-0.3, -0.25) is 4.79 Å². The molecule has 0 aliphatic carbocycles. The molecule has 1 aromatic rings. The Morgan fingerprint density at radius 3 is 2.48 bits per heavy atom. The van der Waals surface area contributed by atoms with Crippen molar-refractivity contribution in [3.8, 4) is 0 Å². The number of carbonyl (C=O) groups is 1. The summed E-state index contributed by atoms with van der Waals surface area (Å²) in [6.45, 7) is 3.98. The van der Waals surface area contributed by atoms with Crippen LogP contribution in [-0.2, 0) is 28.0 Å². The number of rotatable bonds is 5. The van der Waals surface area contributed by atoms with Crippen molar-refractivity contribution in [1.82, 2.24) is 9.03 Å². The van der Waals surface area contributed by atoms with Crippen molar-refractivity contribution >= 4 is 16.2 Å². The molecule has 0 bridgehead atoms. The number of nitrogens with zero attached hydrogens (tertiary/aromatic N) is 1. The maximum absolute atomic E-state index is 12.4. The topological polar surface area (TPSA) is 86.7 Å². The molecule has 1 aliphatic heterocycles. The lowest BCUT2D eigenvalue weighted by atomic mass is 10.0. The Labute approximate surface area is 125 Å². The zero-order valence-corrected chi connectivity index (χ0v) is 12.9. The third-order valence-electron chi connectivity index (χ3n) is 3.64. The van der Waals surface area contributed by atoms with E-state index in [2.05, 4.69) is 4.72 Å². The van der Waals surface area contributed by atoms with Crippen LogP contribution in [0.1, 0.15) is 25.0 Å². The Balaban J connectivity index is 2.16. The predicted octanol–water partition coefficient (Wildman–Crippen LogP) is 0.988. The Bertz CT molecular complexity index is 628. The second-order valence-corrected chi connectivity index (χ2v) is 7.24. The van der Waals surface area contributed by atoms with Gasteiger partial charge in [-0.2, -0.15) is 17.4 Å². The molecule has 1 atom stereocenters. The summed E-state index contributed by atoms with van der Waals surface area (Å²) in [6.07, 6.45) is 0.635. The Morgan fingerprint density at radius 1 is 1.29 bits per heavy atom. The fourth-order valence-corrected chi connectivity index (χ4v) is 3.87. The first kappa shape index (κ1) is 15.9. The Hall–Kier alpha value is -1.44. The molecule has 1 aliphatic rings. The summed E-state index contributed by atoms with van der Waals surface area (Å²) < 4.78 is 28.3. The maximum atomic E-state index is 12.4. The van der Waals surface area contributed by atoms with Crippen molar-refractivity contribution in [3.63, 3.8) is 0 Å². The molecule has 1 heterocycles.